The number of ether oxygens (including phenoxy) is 2. The monoisotopic (exact) mass is 465 g/mol. The molecule has 33 heavy (non-hydrogen) atoms. The summed E-state index contributed by atoms with van der Waals surface area (Å²) >= 11 is 5.40. The number of fused-ring (bicyclic) bond motifs is 1. The highest BCUT2D eigenvalue weighted by atomic mass is 32.1. The maximum Gasteiger partial charge on any atom is 0.409 e. The van der Waals surface area contributed by atoms with Crippen LogP contribution in [0.4, 0.5) is 10.5 Å². The number of carbonyl (C=O) groups is 2. The molecule has 1 saturated heterocycles. The summed E-state index contributed by atoms with van der Waals surface area (Å²) in [6.45, 7) is 4.29. The van der Waals surface area contributed by atoms with Crippen LogP contribution >= 0.6 is 12.2 Å². The number of benzene rings is 2. The van der Waals surface area contributed by atoms with E-state index in [-0.39, 0.29) is 12.0 Å². The van der Waals surface area contributed by atoms with Crippen LogP contribution in [0.15, 0.2) is 54.9 Å². The summed E-state index contributed by atoms with van der Waals surface area (Å²) in [6, 6.07) is 12.1. The van der Waals surface area contributed by atoms with Crippen molar-refractivity contribution in [3.63, 3.8) is 0 Å². The molecule has 1 aromatic heterocycles. The van der Waals surface area contributed by atoms with Gasteiger partial charge in [-0.25, -0.2) is 4.79 Å². The molecule has 0 radical (unpaired) electrons. The van der Waals surface area contributed by atoms with E-state index in [0.29, 0.717) is 60.5 Å². The second-order valence-electron chi connectivity index (χ2n) is 7.28. The van der Waals surface area contributed by atoms with E-state index in [1.165, 1.54) is 0 Å². The first kappa shape index (κ1) is 22.4. The third kappa shape index (κ3) is 5.53. The van der Waals surface area contributed by atoms with Gasteiger partial charge in [0.25, 0.3) is 11.1 Å². The summed E-state index contributed by atoms with van der Waals surface area (Å²) in [6.07, 6.45) is 2.92. The molecule has 0 saturated carbocycles. The minimum absolute atomic E-state index is 0.248. The van der Waals surface area contributed by atoms with Gasteiger partial charge in [-0.3, -0.25) is 14.8 Å². The first-order valence-corrected chi connectivity index (χ1v) is 10.9. The number of amides is 2. The van der Waals surface area contributed by atoms with Crippen LogP contribution in [0.5, 0.6) is 5.75 Å². The average molecular weight is 466 g/mol. The number of piperazine rings is 1. The van der Waals surface area contributed by atoms with E-state index >= 15 is 0 Å². The Hall–Kier alpha value is -3.79. The van der Waals surface area contributed by atoms with E-state index in [9.17, 15) is 9.59 Å². The molecule has 0 atom stereocenters. The zero-order chi connectivity index (χ0) is 23.2. The summed E-state index contributed by atoms with van der Waals surface area (Å²) < 4.78 is 10.8. The van der Waals surface area contributed by atoms with Gasteiger partial charge in [-0.2, -0.15) is 0 Å². The zero-order valence-electron chi connectivity index (χ0n) is 18.1. The lowest BCUT2D eigenvalue weighted by Gasteiger charge is -2.34. The van der Waals surface area contributed by atoms with E-state index in [4.69, 9.17) is 21.7 Å². The van der Waals surface area contributed by atoms with Gasteiger partial charge in [0, 0.05) is 49.8 Å². The lowest BCUT2D eigenvalue weighted by atomic mass is 10.2. The Balaban J connectivity index is 1.31. The number of aromatic nitrogens is 2. The molecule has 3 aromatic rings. The normalized spacial score (nSPS) is 13.5. The number of nitrogens with one attached hydrogen (secondary N) is 1. The Bertz CT molecular complexity index is 1160. The third-order valence-corrected chi connectivity index (χ3v) is 5.45. The highest BCUT2D eigenvalue weighted by Crippen LogP contribution is 2.18. The Kier molecular flexibility index (Phi) is 6.94. The number of nitrogens with zero attached hydrogens (tertiary/aromatic N) is 4. The van der Waals surface area contributed by atoms with Crippen molar-refractivity contribution in [3.05, 3.63) is 60.4 Å². The van der Waals surface area contributed by atoms with Crippen molar-refractivity contribution in [2.24, 2.45) is 0 Å². The van der Waals surface area contributed by atoms with E-state index < -0.39 is 0 Å². The smallest absolute Gasteiger partial charge is 0.409 e. The van der Waals surface area contributed by atoms with Crippen molar-refractivity contribution < 1.29 is 19.1 Å². The van der Waals surface area contributed by atoms with Gasteiger partial charge in [-0.1, -0.05) is 0 Å². The standard InChI is InChI=1S/C23H23N5O4S/c1-2-31-22(30)27-11-13-28(14-12-27)23(33)32-18-6-3-16(4-7-18)21(29)26-17-5-8-19-20(15-17)25-10-9-24-19/h3-10,15H,2,11-14H2,1H3,(H,26,29). The average Bonchev–Trinajstić information content (AvgIpc) is 2.84. The highest BCUT2D eigenvalue weighted by molar-refractivity contribution is 7.80. The van der Waals surface area contributed by atoms with Crippen molar-refractivity contribution in [1.29, 1.82) is 0 Å². The number of hydrogen-bond acceptors (Lipinski definition) is 7. The second-order valence-corrected chi connectivity index (χ2v) is 7.63. The largest absolute Gasteiger partial charge is 0.450 e. The third-order valence-electron chi connectivity index (χ3n) is 5.11. The summed E-state index contributed by atoms with van der Waals surface area (Å²) in [7, 11) is 0. The first-order valence-electron chi connectivity index (χ1n) is 10.5. The summed E-state index contributed by atoms with van der Waals surface area (Å²) in [5, 5.41) is 3.19. The molecule has 1 aliphatic heterocycles. The molecular formula is C23H23N5O4S. The Labute approximate surface area is 196 Å². The minimum atomic E-state index is -0.311. The Morgan fingerprint density at radius 2 is 1.64 bits per heavy atom. The molecule has 9 nitrogen and oxygen atoms in total. The molecule has 1 N–H and O–H groups in total. The molecule has 1 fully saturated rings. The molecule has 2 aromatic carbocycles. The van der Waals surface area contributed by atoms with E-state index in [2.05, 4.69) is 15.3 Å². The fourth-order valence-corrected chi connectivity index (χ4v) is 3.65. The summed E-state index contributed by atoms with van der Waals surface area (Å²) in [5.74, 6) is 0.285. The fourth-order valence-electron chi connectivity index (χ4n) is 3.37. The van der Waals surface area contributed by atoms with Gasteiger partial charge in [0.05, 0.1) is 17.6 Å². The topological polar surface area (TPSA) is 96.9 Å². The second kappa shape index (κ2) is 10.2. The van der Waals surface area contributed by atoms with Gasteiger partial charge in [0.15, 0.2) is 0 Å². The van der Waals surface area contributed by atoms with Crippen LogP contribution in [-0.4, -0.2) is 69.7 Å². The number of hydrogen-bond donors (Lipinski definition) is 1. The van der Waals surface area contributed by atoms with Crippen LogP contribution in [0.3, 0.4) is 0 Å². The molecule has 4 rings (SSSR count). The molecule has 0 bridgehead atoms. The van der Waals surface area contributed by atoms with E-state index in [0.717, 1.165) is 5.52 Å². The van der Waals surface area contributed by atoms with E-state index in [1.54, 1.807) is 60.6 Å². The lowest BCUT2D eigenvalue weighted by Crippen LogP contribution is -2.51. The van der Waals surface area contributed by atoms with Crippen molar-refractivity contribution in [3.8, 4) is 5.75 Å². The SMILES string of the molecule is CCOC(=O)N1CCN(C(=S)Oc2ccc(C(=O)Nc3ccc4nccnc4c3)cc2)CC1. The van der Waals surface area contributed by atoms with Crippen molar-refractivity contribution in [2.45, 2.75) is 6.92 Å². The number of carbonyl (C=O) groups excluding carboxylic acids is 2. The fraction of sp³-hybridized carbons (Fsp3) is 0.261. The van der Waals surface area contributed by atoms with Gasteiger partial charge in [-0.15, -0.1) is 0 Å². The molecule has 170 valence electrons. The van der Waals surface area contributed by atoms with Gasteiger partial charge < -0.3 is 24.6 Å². The van der Waals surface area contributed by atoms with Crippen LogP contribution in [0, 0.1) is 0 Å². The molecule has 2 amide bonds. The van der Waals surface area contributed by atoms with Crippen molar-refractivity contribution in [2.75, 3.05) is 38.1 Å². The molecule has 0 spiro atoms. The molecule has 1 aliphatic rings. The predicted molar refractivity (Wildman–Crippen MR) is 127 cm³/mol. The summed E-state index contributed by atoms with van der Waals surface area (Å²) in [4.78, 5) is 36.4. The van der Waals surface area contributed by atoms with Crippen LogP contribution in [0.2, 0.25) is 0 Å². The predicted octanol–water partition coefficient (Wildman–Crippen LogP) is 3.32. The van der Waals surface area contributed by atoms with Gasteiger partial charge >= 0.3 is 6.09 Å². The first-order chi connectivity index (χ1) is 16.0. The van der Waals surface area contributed by atoms with Gasteiger partial charge in [-0.05, 0) is 61.6 Å². The van der Waals surface area contributed by atoms with Gasteiger partial charge in [0.2, 0.25) is 0 Å². The van der Waals surface area contributed by atoms with Crippen molar-refractivity contribution >= 4 is 46.1 Å². The number of rotatable bonds is 4. The lowest BCUT2D eigenvalue weighted by molar-refractivity contribution is 0.0901. The summed E-state index contributed by atoms with van der Waals surface area (Å²) in [5.41, 5.74) is 2.58. The van der Waals surface area contributed by atoms with Crippen molar-refractivity contribution in [1.82, 2.24) is 19.8 Å². The van der Waals surface area contributed by atoms with Crippen LogP contribution < -0.4 is 10.1 Å². The molecule has 2 heterocycles. The Morgan fingerprint density at radius 1 is 0.970 bits per heavy atom. The van der Waals surface area contributed by atoms with Crippen LogP contribution in [0.1, 0.15) is 17.3 Å². The quantitative estimate of drug-likeness (QED) is 0.586. The maximum atomic E-state index is 12.6. The zero-order valence-corrected chi connectivity index (χ0v) is 18.9. The number of anilines is 1. The molecular weight excluding hydrogens is 442 g/mol. The Morgan fingerprint density at radius 3 is 2.33 bits per heavy atom. The highest BCUT2D eigenvalue weighted by Gasteiger charge is 2.24. The molecule has 10 heteroatoms. The van der Waals surface area contributed by atoms with Crippen LogP contribution in [-0.2, 0) is 4.74 Å². The van der Waals surface area contributed by atoms with E-state index in [1.807, 2.05) is 11.0 Å². The van der Waals surface area contributed by atoms with Gasteiger partial charge in [0.1, 0.15) is 5.75 Å². The number of thiocarbonyl (C=S) groups is 1. The minimum Gasteiger partial charge on any atom is -0.450 e. The molecule has 0 unspecified atom stereocenters. The maximum absolute atomic E-state index is 12.6. The molecule has 0 aliphatic carbocycles. The van der Waals surface area contributed by atoms with Crippen LogP contribution in [0.25, 0.3) is 11.0 Å².